The molecule has 6 nitrogen and oxygen atoms in total. The number of urea groups is 1. The minimum Gasteiger partial charge on any atom is -0.491 e. The topological polar surface area (TPSA) is 73.8 Å². The predicted molar refractivity (Wildman–Crippen MR) is 123 cm³/mol. The van der Waals surface area contributed by atoms with Crippen LogP contribution >= 0.6 is 11.6 Å². The molecule has 2 amide bonds. The second-order valence-corrected chi connectivity index (χ2v) is 8.68. The minimum absolute atomic E-state index is 0.0877. The molecule has 0 aliphatic carbocycles. The first-order valence-corrected chi connectivity index (χ1v) is 11.2. The molecule has 7 heteroatoms. The van der Waals surface area contributed by atoms with E-state index in [9.17, 15) is 9.90 Å². The molecular weight excluding hydrogens is 414 g/mol. The Balaban J connectivity index is 1.63. The highest BCUT2D eigenvalue weighted by Crippen LogP contribution is 2.23. The molecule has 168 valence electrons. The van der Waals surface area contributed by atoms with Crippen LogP contribution in [-0.4, -0.2) is 47.8 Å². The maximum atomic E-state index is 12.6. The molecule has 1 saturated heterocycles. The number of aliphatic hydroxyl groups excluding tert-OH is 1. The van der Waals surface area contributed by atoms with Gasteiger partial charge in [0, 0.05) is 18.1 Å². The highest BCUT2D eigenvalue weighted by molar-refractivity contribution is 6.30. The fraction of sp³-hybridized carbons (Fsp3) is 0.458. The third kappa shape index (κ3) is 7.42. The van der Waals surface area contributed by atoms with Gasteiger partial charge in [-0.15, -0.1) is 0 Å². The van der Waals surface area contributed by atoms with E-state index in [0.29, 0.717) is 18.1 Å². The Hall–Kier alpha value is -2.28. The lowest BCUT2D eigenvalue weighted by molar-refractivity contribution is 0.109. The fourth-order valence-corrected chi connectivity index (χ4v) is 3.85. The third-order valence-corrected chi connectivity index (χ3v) is 5.56. The summed E-state index contributed by atoms with van der Waals surface area (Å²) in [6, 6.07) is 14.0. The monoisotopic (exact) mass is 445 g/mol. The maximum absolute atomic E-state index is 12.6. The molecule has 0 spiro atoms. The van der Waals surface area contributed by atoms with Crippen LogP contribution in [0.5, 0.6) is 5.75 Å². The standard InChI is InChI=1S/C24H32ClN3O3/c1-17(2)31-21-11-7-19(8-12-21)23(29)22(16-28-13-3-4-14-28)27-24(30)26-15-18-5-9-20(25)10-6-18/h5-12,17,22-23,29H,3-4,13-16H2,1-2H3,(H2,26,27,30)/t22-,23-/m1/s1. The molecular formula is C24H32ClN3O3. The second-order valence-electron chi connectivity index (χ2n) is 8.25. The molecule has 31 heavy (non-hydrogen) atoms. The number of hydrogen-bond acceptors (Lipinski definition) is 4. The van der Waals surface area contributed by atoms with E-state index >= 15 is 0 Å². The lowest BCUT2D eigenvalue weighted by atomic mass is 10.0. The highest BCUT2D eigenvalue weighted by Gasteiger charge is 2.26. The van der Waals surface area contributed by atoms with E-state index in [1.165, 1.54) is 0 Å². The molecule has 2 aromatic rings. The number of nitrogens with zero attached hydrogens (tertiary/aromatic N) is 1. The summed E-state index contributed by atoms with van der Waals surface area (Å²) < 4.78 is 5.69. The summed E-state index contributed by atoms with van der Waals surface area (Å²) in [5.41, 5.74) is 1.70. The van der Waals surface area contributed by atoms with Crippen LogP contribution in [0.4, 0.5) is 4.79 Å². The quantitative estimate of drug-likeness (QED) is 0.542. The van der Waals surface area contributed by atoms with Gasteiger partial charge in [0.1, 0.15) is 11.9 Å². The summed E-state index contributed by atoms with van der Waals surface area (Å²) in [6.45, 7) is 6.90. The van der Waals surface area contributed by atoms with Gasteiger partial charge in [0.2, 0.25) is 0 Å². The summed E-state index contributed by atoms with van der Waals surface area (Å²) in [7, 11) is 0. The zero-order valence-corrected chi connectivity index (χ0v) is 18.9. The van der Waals surface area contributed by atoms with Crippen molar-refractivity contribution in [2.75, 3.05) is 19.6 Å². The first-order valence-electron chi connectivity index (χ1n) is 10.9. The van der Waals surface area contributed by atoms with Crippen molar-refractivity contribution < 1.29 is 14.6 Å². The number of halogens is 1. The molecule has 0 aromatic heterocycles. The lowest BCUT2D eigenvalue weighted by Gasteiger charge is -2.29. The van der Waals surface area contributed by atoms with Crippen LogP contribution in [0.1, 0.15) is 43.9 Å². The first-order chi connectivity index (χ1) is 14.9. The van der Waals surface area contributed by atoms with Crippen molar-refractivity contribution in [2.45, 2.75) is 51.5 Å². The molecule has 1 aliphatic heterocycles. The van der Waals surface area contributed by atoms with Crippen molar-refractivity contribution in [1.82, 2.24) is 15.5 Å². The lowest BCUT2D eigenvalue weighted by Crippen LogP contribution is -2.49. The van der Waals surface area contributed by atoms with Crippen molar-refractivity contribution in [1.29, 1.82) is 0 Å². The summed E-state index contributed by atoms with van der Waals surface area (Å²) >= 11 is 5.91. The summed E-state index contributed by atoms with van der Waals surface area (Å²) in [5, 5.41) is 17.6. The summed E-state index contributed by atoms with van der Waals surface area (Å²) in [4.78, 5) is 14.9. The number of benzene rings is 2. The second kappa shape index (κ2) is 11.4. The largest absolute Gasteiger partial charge is 0.491 e. The summed E-state index contributed by atoms with van der Waals surface area (Å²) in [6.07, 6.45) is 1.55. The number of carbonyl (C=O) groups excluding carboxylic acids is 1. The highest BCUT2D eigenvalue weighted by atomic mass is 35.5. The number of rotatable bonds is 9. The number of aliphatic hydroxyl groups is 1. The number of carbonyl (C=O) groups is 1. The number of amides is 2. The van der Waals surface area contributed by atoms with Gasteiger partial charge < -0.3 is 25.4 Å². The molecule has 1 heterocycles. The van der Waals surface area contributed by atoms with E-state index in [1.54, 1.807) is 12.1 Å². The van der Waals surface area contributed by atoms with Crippen LogP contribution in [-0.2, 0) is 6.54 Å². The van der Waals surface area contributed by atoms with Gasteiger partial charge in [0.25, 0.3) is 0 Å². The minimum atomic E-state index is -0.824. The molecule has 3 rings (SSSR count). The maximum Gasteiger partial charge on any atom is 0.315 e. The van der Waals surface area contributed by atoms with Gasteiger partial charge in [-0.05, 0) is 75.2 Å². The van der Waals surface area contributed by atoms with Crippen molar-refractivity contribution in [3.05, 3.63) is 64.7 Å². The van der Waals surface area contributed by atoms with E-state index in [2.05, 4.69) is 15.5 Å². The van der Waals surface area contributed by atoms with Gasteiger partial charge in [0.15, 0.2) is 0 Å². The number of nitrogens with one attached hydrogen (secondary N) is 2. The SMILES string of the molecule is CC(C)Oc1ccc([C@@H](O)[C@@H](CN2CCCC2)NC(=O)NCc2ccc(Cl)cc2)cc1. The van der Waals surface area contributed by atoms with E-state index in [-0.39, 0.29) is 12.1 Å². The van der Waals surface area contributed by atoms with Crippen LogP contribution in [0.25, 0.3) is 0 Å². The normalized spacial score (nSPS) is 16.2. The Labute approximate surface area is 189 Å². The van der Waals surface area contributed by atoms with Crippen LogP contribution < -0.4 is 15.4 Å². The molecule has 0 bridgehead atoms. The van der Waals surface area contributed by atoms with Crippen molar-refractivity contribution in [3.8, 4) is 5.75 Å². The van der Waals surface area contributed by atoms with Crippen molar-refractivity contribution in [2.24, 2.45) is 0 Å². The van der Waals surface area contributed by atoms with Gasteiger partial charge >= 0.3 is 6.03 Å². The zero-order valence-electron chi connectivity index (χ0n) is 18.2. The molecule has 3 N–H and O–H groups in total. The Bertz CT molecular complexity index is 821. The Morgan fingerprint density at radius 2 is 1.74 bits per heavy atom. The van der Waals surface area contributed by atoms with E-state index < -0.39 is 12.1 Å². The third-order valence-electron chi connectivity index (χ3n) is 5.31. The van der Waals surface area contributed by atoms with Crippen LogP contribution in [0, 0.1) is 0 Å². The molecule has 1 fully saturated rings. The average molecular weight is 446 g/mol. The van der Waals surface area contributed by atoms with Crippen LogP contribution in [0.3, 0.4) is 0 Å². The summed E-state index contributed by atoms with van der Waals surface area (Å²) in [5.74, 6) is 0.760. The van der Waals surface area contributed by atoms with E-state index in [4.69, 9.17) is 16.3 Å². The van der Waals surface area contributed by atoms with Crippen molar-refractivity contribution in [3.63, 3.8) is 0 Å². The fourth-order valence-electron chi connectivity index (χ4n) is 3.72. The Morgan fingerprint density at radius 3 is 2.35 bits per heavy atom. The van der Waals surface area contributed by atoms with Crippen LogP contribution in [0.2, 0.25) is 5.02 Å². The zero-order chi connectivity index (χ0) is 22.2. The Kier molecular flexibility index (Phi) is 8.58. The molecule has 2 atom stereocenters. The van der Waals surface area contributed by atoms with E-state index in [1.807, 2.05) is 50.2 Å². The van der Waals surface area contributed by atoms with Gasteiger partial charge in [-0.2, -0.15) is 0 Å². The average Bonchev–Trinajstić information content (AvgIpc) is 3.26. The number of likely N-dealkylation sites (tertiary alicyclic amines) is 1. The predicted octanol–water partition coefficient (Wildman–Crippen LogP) is 4.12. The molecule has 0 saturated carbocycles. The smallest absolute Gasteiger partial charge is 0.315 e. The number of ether oxygens (including phenoxy) is 1. The first kappa shape index (κ1) is 23.4. The molecule has 2 aromatic carbocycles. The van der Waals surface area contributed by atoms with Gasteiger partial charge in [0.05, 0.1) is 12.1 Å². The molecule has 0 radical (unpaired) electrons. The van der Waals surface area contributed by atoms with E-state index in [0.717, 1.165) is 42.8 Å². The number of hydrogen-bond donors (Lipinski definition) is 3. The van der Waals surface area contributed by atoms with Gasteiger partial charge in [-0.25, -0.2) is 4.79 Å². The molecule has 0 unspecified atom stereocenters. The van der Waals surface area contributed by atoms with Crippen molar-refractivity contribution >= 4 is 17.6 Å². The van der Waals surface area contributed by atoms with Crippen LogP contribution in [0.15, 0.2) is 48.5 Å². The van der Waals surface area contributed by atoms with Gasteiger partial charge in [-0.3, -0.25) is 0 Å². The Morgan fingerprint density at radius 1 is 1.10 bits per heavy atom. The van der Waals surface area contributed by atoms with Gasteiger partial charge in [-0.1, -0.05) is 35.9 Å². The molecule has 1 aliphatic rings.